The van der Waals surface area contributed by atoms with Gasteiger partial charge in [0.2, 0.25) is 0 Å². The van der Waals surface area contributed by atoms with Crippen molar-refractivity contribution in [2.24, 2.45) is 0 Å². The van der Waals surface area contributed by atoms with E-state index in [9.17, 15) is 0 Å². The van der Waals surface area contributed by atoms with Crippen molar-refractivity contribution in [1.29, 1.82) is 0 Å². The molecular weight excluding hydrogens is 641 g/mol. The molecule has 11 rings (SSSR count). The Labute approximate surface area is 306 Å². The van der Waals surface area contributed by atoms with E-state index in [2.05, 4.69) is 174 Å². The fraction of sp³-hybridized carbons (Fsp3) is 0. The molecule has 0 fully saturated rings. The summed E-state index contributed by atoms with van der Waals surface area (Å²) in [5.74, 6) is 0. The van der Waals surface area contributed by atoms with Gasteiger partial charge in [0.25, 0.3) is 0 Å². The van der Waals surface area contributed by atoms with E-state index < -0.39 is 0 Å². The van der Waals surface area contributed by atoms with Crippen molar-refractivity contribution in [2.45, 2.75) is 0 Å². The fourth-order valence-corrected chi connectivity index (χ4v) is 8.64. The minimum absolute atomic E-state index is 0.949. The SMILES string of the molecule is c1ccc2cc(-c3c4ccccc4c(-c4c5ccccc5c(-c5ccc(-c6cn7ccccc7n6)cc5)c5ccccc45)c4ccccc34)ccc2c1. The number of benzene rings is 9. The average molecular weight is 673 g/mol. The Morgan fingerprint density at radius 2 is 0.736 bits per heavy atom. The van der Waals surface area contributed by atoms with Crippen LogP contribution in [0.3, 0.4) is 0 Å². The summed E-state index contributed by atoms with van der Waals surface area (Å²) < 4.78 is 2.07. The highest BCUT2D eigenvalue weighted by Crippen LogP contribution is 2.50. The van der Waals surface area contributed by atoms with E-state index in [0.717, 1.165) is 16.9 Å². The Morgan fingerprint density at radius 1 is 0.321 bits per heavy atom. The summed E-state index contributed by atoms with van der Waals surface area (Å²) in [7, 11) is 0. The van der Waals surface area contributed by atoms with E-state index in [1.165, 1.54) is 87.2 Å². The van der Waals surface area contributed by atoms with Crippen molar-refractivity contribution in [1.82, 2.24) is 9.38 Å². The average Bonchev–Trinajstić information content (AvgIpc) is 3.67. The monoisotopic (exact) mass is 672 g/mol. The zero-order valence-corrected chi connectivity index (χ0v) is 28.9. The minimum Gasteiger partial charge on any atom is -0.306 e. The number of aromatic nitrogens is 2. The molecule has 0 aliphatic rings. The van der Waals surface area contributed by atoms with E-state index in [1.54, 1.807) is 0 Å². The van der Waals surface area contributed by atoms with Crippen molar-refractivity contribution in [3.8, 4) is 44.6 Å². The van der Waals surface area contributed by atoms with Gasteiger partial charge in [0, 0.05) is 18.0 Å². The highest BCUT2D eigenvalue weighted by Gasteiger charge is 2.22. The third-order valence-electron chi connectivity index (χ3n) is 11.0. The second kappa shape index (κ2) is 11.8. The molecule has 2 heteroatoms. The second-order valence-electron chi connectivity index (χ2n) is 13.9. The van der Waals surface area contributed by atoms with Crippen LogP contribution in [0.1, 0.15) is 0 Å². The first-order valence-electron chi connectivity index (χ1n) is 18.2. The van der Waals surface area contributed by atoms with Crippen LogP contribution in [-0.2, 0) is 0 Å². The van der Waals surface area contributed by atoms with Crippen LogP contribution < -0.4 is 0 Å². The maximum atomic E-state index is 4.88. The van der Waals surface area contributed by atoms with Gasteiger partial charge in [-0.05, 0) is 105 Å². The largest absolute Gasteiger partial charge is 0.306 e. The third kappa shape index (κ3) is 4.63. The van der Waals surface area contributed by atoms with E-state index in [1.807, 2.05) is 24.4 Å². The Balaban J connectivity index is 1.19. The van der Waals surface area contributed by atoms with Gasteiger partial charge >= 0.3 is 0 Å². The molecule has 0 amide bonds. The minimum atomic E-state index is 0.949. The maximum Gasteiger partial charge on any atom is 0.137 e. The lowest BCUT2D eigenvalue weighted by atomic mass is 9.81. The summed E-state index contributed by atoms with van der Waals surface area (Å²) in [4.78, 5) is 4.88. The van der Waals surface area contributed by atoms with E-state index >= 15 is 0 Å². The molecule has 0 spiro atoms. The molecule has 0 N–H and O–H groups in total. The van der Waals surface area contributed by atoms with Crippen molar-refractivity contribution in [3.05, 3.63) is 194 Å². The Bertz CT molecular complexity index is 3070. The molecule has 246 valence electrons. The lowest BCUT2D eigenvalue weighted by Crippen LogP contribution is -1.94. The summed E-state index contributed by atoms with van der Waals surface area (Å²) in [5, 5.41) is 12.5. The molecular formula is C51H32N2. The normalized spacial score (nSPS) is 11.8. The van der Waals surface area contributed by atoms with E-state index in [4.69, 9.17) is 4.98 Å². The highest BCUT2D eigenvalue weighted by atomic mass is 15.0. The van der Waals surface area contributed by atoms with Crippen LogP contribution in [0, 0.1) is 0 Å². The first-order chi connectivity index (χ1) is 26.3. The molecule has 0 aliphatic heterocycles. The van der Waals surface area contributed by atoms with Gasteiger partial charge in [-0.25, -0.2) is 4.98 Å². The zero-order chi connectivity index (χ0) is 34.9. The molecule has 0 radical (unpaired) electrons. The van der Waals surface area contributed by atoms with Crippen molar-refractivity contribution in [2.75, 3.05) is 0 Å². The lowest BCUT2D eigenvalue weighted by Gasteiger charge is -2.22. The molecule has 2 nitrogen and oxygen atoms in total. The van der Waals surface area contributed by atoms with Crippen LogP contribution in [0.25, 0.3) is 104 Å². The number of nitrogens with zero attached hydrogens (tertiary/aromatic N) is 2. The Morgan fingerprint density at radius 3 is 1.26 bits per heavy atom. The van der Waals surface area contributed by atoms with E-state index in [-0.39, 0.29) is 0 Å². The third-order valence-corrected chi connectivity index (χ3v) is 11.0. The van der Waals surface area contributed by atoms with Gasteiger partial charge in [0.15, 0.2) is 0 Å². The number of imidazole rings is 1. The zero-order valence-electron chi connectivity index (χ0n) is 28.9. The molecule has 2 aromatic heterocycles. The quantitative estimate of drug-likeness (QED) is 0.170. The molecule has 11 aromatic rings. The predicted octanol–water partition coefficient (Wildman–Crippen LogP) is 13.8. The number of fused-ring (bicyclic) bond motifs is 6. The lowest BCUT2D eigenvalue weighted by molar-refractivity contribution is 1.19. The Hall–Kier alpha value is -7.03. The molecule has 0 bridgehead atoms. The summed E-state index contributed by atoms with van der Waals surface area (Å²) >= 11 is 0. The summed E-state index contributed by atoms with van der Waals surface area (Å²) in [6.45, 7) is 0. The van der Waals surface area contributed by atoms with Crippen LogP contribution in [-0.4, -0.2) is 9.38 Å². The molecule has 9 aromatic carbocycles. The van der Waals surface area contributed by atoms with Crippen LogP contribution >= 0.6 is 0 Å². The first-order valence-corrected chi connectivity index (χ1v) is 18.2. The van der Waals surface area contributed by atoms with Gasteiger partial charge in [-0.3, -0.25) is 0 Å². The van der Waals surface area contributed by atoms with Gasteiger partial charge < -0.3 is 4.40 Å². The van der Waals surface area contributed by atoms with E-state index in [0.29, 0.717) is 0 Å². The van der Waals surface area contributed by atoms with Crippen molar-refractivity contribution < 1.29 is 0 Å². The maximum absolute atomic E-state index is 4.88. The standard InChI is InChI=1S/C51H32N2/c1-2-14-36-31-37(29-24-33(36)13-1)49-40-17-5-9-21-44(40)51(45-22-10-6-18-41(45)49)50-42-19-7-3-15-38(42)48(39-16-4-8-20-43(39)50)35-27-25-34(26-28-35)46-32-53-30-12-11-23-47(53)52-46/h1-32H. The number of hydrogen-bond acceptors (Lipinski definition) is 1. The predicted molar refractivity (Wildman–Crippen MR) is 224 cm³/mol. The number of hydrogen-bond donors (Lipinski definition) is 0. The van der Waals surface area contributed by atoms with Crippen LogP contribution in [0.2, 0.25) is 0 Å². The smallest absolute Gasteiger partial charge is 0.137 e. The van der Waals surface area contributed by atoms with Gasteiger partial charge in [-0.15, -0.1) is 0 Å². The molecule has 0 saturated heterocycles. The van der Waals surface area contributed by atoms with Crippen molar-refractivity contribution in [3.63, 3.8) is 0 Å². The van der Waals surface area contributed by atoms with Gasteiger partial charge in [-0.2, -0.15) is 0 Å². The van der Waals surface area contributed by atoms with Gasteiger partial charge in [0.1, 0.15) is 5.65 Å². The first kappa shape index (κ1) is 29.7. The van der Waals surface area contributed by atoms with Crippen LogP contribution in [0.5, 0.6) is 0 Å². The highest BCUT2D eigenvalue weighted by molar-refractivity contribution is 6.30. The summed E-state index contributed by atoms with van der Waals surface area (Å²) in [6.07, 6.45) is 4.15. The number of pyridine rings is 1. The van der Waals surface area contributed by atoms with Gasteiger partial charge in [0.05, 0.1) is 5.69 Å². The molecule has 53 heavy (non-hydrogen) atoms. The van der Waals surface area contributed by atoms with Gasteiger partial charge in [-0.1, -0.05) is 164 Å². The number of rotatable bonds is 4. The summed E-state index contributed by atoms with van der Waals surface area (Å²) in [6, 6.07) is 66.5. The molecule has 0 saturated carbocycles. The molecule has 0 atom stereocenters. The Kier molecular flexibility index (Phi) is 6.59. The molecule has 0 unspecified atom stereocenters. The van der Waals surface area contributed by atoms with Crippen molar-refractivity contribution >= 4 is 59.5 Å². The topological polar surface area (TPSA) is 17.3 Å². The second-order valence-corrected chi connectivity index (χ2v) is 13.9. The van der Waals surface area contributed by atoms with Crippen LogP contribution in [0.4, 0.5) is 0 Å². The molecule has 0 aliphatic carbocycles. The fourth-order valence-electron chi connectivity index (χ4n) is 8.64. The van der Waals surface area contributed by atoms with Crippen LogP contribution in [0.15, 0.2) is 194 Å². The molecule has 2 heterocycles. The summed E-state index contributed by atoms with van der Waals surface area (Å²) in [5.41, 5.74) is 10.5.